The predicted octanol–water partition coefficient (Wildman–Crippen LogP) is 5.04. The second-order valence-electron chi connectivity index (χ2n) is 5.73. The van der Waals surface area contributed by atoms with Crippen LogP contribution in [0.5, 0.6) is 0 Å². The van der Waals surface area contributed by atoms with Gasteiger partial charge in [0, 0.05) is 29.2 Å². The molecule has 0 bridgehead atoms. The number of benzene rings is 2. The Morgan fingerprint density at radius 3 is 2.54 bits per heavy atom. The number of aryl methyl sites for hydroxylation is 1. The monoisotopic (exact) mass is 368 g/mol. The Morgan fingerprint density at radius 2 is 1.81 bits per heavy atom. The molecule has 1 aromatic heterocycles. The third-order valence-corrected chi connectivity index (χ3v) is 3.93. The number of hydrogen-bond donors (Lipinski definition) is 2. The number of fused-ring (bicyclic) bond motifs is 1. The van der Waals surface area contributed by atoms with Crippen LogP contribution in [0.4, 0.5) is 27.6 Å². The summed E-state index contributed by atoms with van der Waals surface area (Å²) in [4.78, 5) is 15.0. The molecule has 1 amide bonds. The zero-order valence-corrected chi connectivity index (χ0v) is 13.3. The number of nitrogens with one attached hydrogen (secondary N) is 2. The molecule has 3 aromatic rings. The van der Waals surface area contributed by atoms with E-state index in [1.54, 1.807) is 24.4 Å². The topological polar surface area (TPSA) is 44.9 Å². The van der Waals surface area contributed by atoms with Gasteiger partial charge in [0.15, 0.2) is 11.6 Å². The predicted molar refractivity (Wildman–Crippen MR) is 86.6 cm³/mol. The zero-order chi connectivity index (χ0) is 18.9. The van der Waals surface area contributed by atoms with Gasteiger partial charge in [0.2, 0.25) is 5.91 Å². The van der Waals surface area contributed by atoms with Gasteiger partial charge < -0.3 is 10.3 Å². The smallest absolute Gasteiger partial charge is 0.361 e. The third-order valence-electron chi connectivity index (χ3n) is 3.93. The van der Waals surface area contributed by atoms with Crippen molar-refractivity contribution in [2.75, 3.05) is 5.32 Å². The minimum absolute atomic E-state index is 0.201. The quantitative estimate of drug-likeness (QED) is 0.623. The van der Waals surface area contributed by atoms with Crippen molar-refractivity contribution in [2.45, 2.75) is 19.0 Å². The van der Waals surface area contributed by atoms with Crippen molar-refractivity contribution in [1.82, 2.24) is 4.98 Å². The first kappa shape index (κ1) is 17.9. The van der Waals surface area contributed by atoms with E-state index in [0.717, 1.165) is 17.0 Å². The highest BCUT2D eigenvalue weighted by Gasteiger charge is 2.35. The molecule has 2 N–H and O–H groups in total. The van der Waals surface area contributed by atoms with Crippen LogP contribution in [0.2, 0.25) is 0 Å². The van der Waals surface area contributed by atoms with Gasteiger partial charge in [-0.25, -0.2) is 8.78 Å². The summed E-state index contributed by atoms with van der Waals surface area (Å²) in [6.45, 7) is 0. The maximum absolute atomic E-state index is 13.8. The molecule has 2 aromatic carbocycles. The fourth-order valence-electron chi connectivity index (χ4n) is 2.60. The number of aromatic nitrogens is 1. The Bertz CT molecular complexity index is 962. The van der Waals surface area contributed by atoms with Crippen LogP contribution >= 0.6 is 0 Å². The summed E-state index contributed by atoms with van der Waals surface area (Å²) in [5.74, 6) is -3.99. The van der Waals surface area contributed by atoms with E-state index in [4.69, 9.17) is 0 Å². The summed E-state index contributed by atoms with van der Waals surface area (Å²) in [7, 11) is 0. The molecule has 0 aliphatic heterocycles. The summed E-state index contributed by atoms with van der Waals surface area (Å²) < 4.78 is 64.9. The number of anilines is 1. The molecule has 0 saturated heterocycles. The second-order valence-corrected chi connectivity index (χ2v) is 5.73. The third kappa shape index (κ3) is 3.68. The standard InChI is InChI=1S/C18H13F5N2O/c19-16-10(1-4-13(17(16)20)18(21,22)23)2-6-15(26)25-12-3-5-14-11(9-12)7-8-24-14/h1,3-5,7-9,24H,2,6H2,(H,25,26). The van der Waals surface area contributed by atoms with Gasteiger partial charge in [0.05, 0.1) is 5.56 Å². The van der Waals surface area contributed by atoms with Crippen LogP contribution in [0, 0.1) is 11.6 Å². The number of hydrogen-bond acceptors (Lipinski definition) is 1. The normalized spacial score (nSPS) is 11.7. The van der Waals surface area contributed by atoms with Gasteiger partial charge >= 0.3 is 6.18 Å². The minimum Gasteiger partial charge on any atom is -0.361 e. The van der Waals surface area contributed by atoms with Crippen molar-refractivity contribution in [3.05, 3.63) is 65.4 Å². The van der Waals surface area contributed by atoms with Crippen LogP contribution in [0.15, 0.2) is 42.6 Å². The molecule has 0 aliphatic rings. The number of H-pyrrole nitrogens is 1. The molecule has 136 valence electrons. The van der Waals surface area contributed by atoms with Crippen LogP contribution in [0.3, 0.4) is 0 Å². The Kier molecular flexibility index (Phi) is 4.67. The molecule has 0 unspecified atom stereocenters. The van der Waals surface area contributed by atoms with Gasteiger partial charge in [-0.05, 0) is 42.3 Å². The lowest BCUT2D eigenvalue weighted by Gasteiger charge is -2.11. The van der Waals surface area contributed by atoms with E-state index in [2.05, 4.69) is 10.3 Å². The first-order chi connectivity index (χ1) is 12.3. The number of halogens is 5. The Labute approximate surface area is 144 Å². The average molecular weight is 368 g/mol. The van der Waals surface area contributed by atoms with Gasteiger partial charge in [-0.2, -0.15) is 13.2 Å². The molecule has 3 rings (SSSR count). The molecule has 8 heteroatoms. The summed E-state index contributed by atoms with van der Waals surface area (Å²) in [6, 6.07) is 8.34. The largest absolute Gasteiger partial charge is 0.419 e. The van der Waals surface area contributed by atoms with Crippen molar-refractivity contribution in [3.8, 4) is 0 Å². The number of carbonyl (C=O) groups is 1. The van der Waals surface area contributed by atoms with Crippen LogP contribution in [0.1, 0.15) is 17.5 Å². The van der Waals surface area contributed by atoms with E-state index < -0.39 is 29.3 Å². The molecule has 26 heavy (non-hydrogen) atoms. The summed E-state index contributed by atoms with van der Waals surface area (Å²) in [5.41, 5.74) is -0.527. The van der Waals surface area contributed by atoms with Gasteiger partial charge in [-0.15, -0.1) is 0 Å². The van der Waals surface area contributed by atoms with Crippen LogP contribution < -0.4 is 5.32 Å². The molecule has 0 saturated carbocycles. The van der Waals surface area contributed by atoms with Crippen molar-refractivity contribution in [3.63, 3.8) is 0 Å². The molecule has 0 atom stereocenters. The number of rotatable bonds is 4. The van der Waals surface area contributed by atoms with Crippen molar-refractivity contribution < 1.29 is 26.7 Å². The van der Waals surface area contributed by atoms with Crippen LogP contribution in [-0.4, -0.2) is 10.9 Å². The van der Waals surface area contributed by atoms with Gasteiger partial charge in [-0.1, -0.05) is 6.07 Å². The highest BCUT2D eigenvalue weighted by Crippen LogP contribution is 2.33. The molecule has 0 aliphatic carbocycles. The molecular formula is C18H13F5N2O. The lowest BCUT2D eigenvalue weighted by atomic mass is 10.0. The highest BCUT2D eigenvalue weighted by molar-refractivity contribution is 5.93. The van der Waals surface area contributed by atoms with Gasteiger partial charge in [-0.3, -0.25) is 4.79 Å². The lowest BCUT2D eigenvalue weighted by molar-refractivity contribution is -0.140. The number of carbonyl (C=O) groups excluding carboxylic acids is 1. The number of alkyl halides is 3. The first-order valence-corrected chi connectivity index (χ1v) is 7.67. The fourth-order valence-corrected chi connectivity index (χ4v) is 2.60. The SMILES string of the molecule is O=C(CCc1ccc(C(F)(F)F)c(F)c1F)Nc1ccc2[nH]ccc2c1. The average Bonchev–Trinajstić information content (AvgIpc) is 3.02. The Balaban J connectivity index is 1.66. The fraction of sp³-hybridized carbons (Fsp3) is 0.167. The van der Waals surface area contributed by atoms with Crippen LogP contribution in [-0.2, 0) is 17.4 Å². The van der Waals surface area contributed by atoms with Gasteiger partial charge in [0.1, 0.15) is 0 Å². The molecule has 0 radical (unpaired) electrons. The maximum Gasteiger partial charge on any atom is 0.419 e. The molecular weight excluding hydrogens is 355 g/mol. The molecule has 3 nitrogen and oxygen atoms in total. The van der Waals surface area contributed by atoms with Crippen molar-refractivity contribution in [2.24, 2.45) is 0 Å². The van der Waals surface area contributed by atoms with E-state index in [1.807, 2.05) is 6.07 Å². The maximum atomic E-state index is 13.8. The lowest BCUT2D eigenvalue weighted by Crippen LogP contribution is -2.14. The highest BCUT2D eigenvalue weighted by atomic mass is 19.4. The van der Waals surface area contributed by atoms with E-state index in [-0.39, 0.29) is 18.4 Å². The number of aromatic amines is 1. The zero-order valence-electron chi connectivity index (χ0n) is 13.3. The molecule has 1 heterocycles. The van der Waals surface area contributed by atoms with E-state index in [0.29, 0.717) is 11.8 Å². The minimum atomic E-state index is -4.97. The van der Waals surface area contributed by atoms with Crippen molar-refractivity contribution >= 4 is 22.5 Å². The summed E-state index contributed by atoms with van der Waals surface area (Å²) in [5, 5.41) is 3.50. The van der Waals surface area contributed by atoms with E-state index >= 15 is 0 Å². The first-order valence-electron chi connectivity index (χ1n) is 7.67. The van der Waals surface area contributed by atoms with Gasteiger partial charge in [0.25, 0.3) is 0 Å². The van der Waals surface area contributed by atoms with Crippen molar-refractivity contribution in [1.29, 1.82) is 0 Å². The Morgan fingerprint density at radius 1 is 1.04 bits per heavy atom. The second kappa shape index (κ2) is 6.78. The van der Waals surface area contributed by atoms with Crippen LogP contribution in [0.25, 0.3) is 10.9 Å². The number of amides is 1. The Hall–Kier alpha value is -2.90. The molecule has 0 fully saturated rings. The van der Waals surface area contributed by atoms with E-state index in [1.165, 1.54) is 0 Å². The van der Waals surface area contributed by atoms with E-state index in [9.17, 15) is 26.7 Å². The summed E-state index contributed by atoms with van der Waals surface area (Å²) in [6.07, 6.45) is -3.65. The summed E-state index contributed by atoms with van der Waals surface area (Å²) >= 11 is 0. The molecule has 0 spiro atoms.